The van der Waals surface area contributed by atoms with Crippen LogP contribution in [0, 0.1) is 0 Å². The molecule has 2 aromatic heterocycles. The molecule has 0 aliphatic rings. The first-order valence-corrected chi connectivity index (χ1v) is 6.24. The summed E-state index contributed by atoms with van der Waals surface area (Å²) in [6.45, 7) is -0.778. The first-order valence-electron chi connectivity index (χ1n) is 6.24. The van der Waals surface area contributed by atoms with Crippen molar-refractivity contribution in [3.8, 4) is 11.6 Å². The van der Waals surface area contributed by atoms with Gasteiger partial charge in [-0.1, -0.05) is 17.2 Å². The molecule has 0 aliphatic carbocycles. The van der Waals surface area contributed by atoms with Gasteiger partial charge in [0.05, 0.1) is 11.9 Å². The van der Waals surface area contributed by atoms with Crippen LogP contribution in [0.3, 0.4) is 0 Å². The second-order valence-corrected chi connectivity index (χ2v) is 4.33. The average molecular weight is 306 g/mol. The number of tetrazole rings is 1. The number of aromatic amines is 1. The Morgan fingerprint density at radius 3 is 2.86 bits per heavy atom. The third-order valence-corrected chi connectivity index (χ3v) is 3.01. The van der Waals surface area contributed by atoms with Crippen molar-refractivity contribution in [2.45, 2.75) is 13.3 Å². The van der Waals surface area contributed by atoms with E-state index in [4.69, 9.17) is 9.94 Å². The zero-order chi connectivity index (χ0) is 15.5. The number of aromatic nitrogens is 6. The van der Waals surface area contributed by atoms with Gasteiger partial charge in [0.25, 0.3) is 0 Å². The standard InChI is InChI=1S/C12H11FN6O3/c13-6-8-2-1-3-10(19-12(20)14-16-17-19)9(8)7-22-11-4-5-18(21)15-11/h1-5,21H,6-7H2,(H,14,17,20). The number of hydrogen-bond donors (Lipinski definition) is 2. The second-order valence-electron chi connectivity index (χ2n) is 4.33. The number of rotatable bonds is 5. The highest BCUT2D eigenvalue weighted by Gasteiger charge is 2.14. The summed E-state index contributed by atoms with van der Waals surface area (Å²) in [6, 6.07) is 6.24. The lowest BCUT2D eigenvalue weighted by Crippen LogP contribution is -2.19. The number of alkyl halides is 1. The van der Waals surface area contributed by atoms with Crippen molar-refractivity contribution in [2.24, 2.45) is 0 Å². The van der Waals surface area contributed by atoms with Crippen LogP contribution in [0.5, 0.6) is 5.88 Å². The van der Waals surface area contributed by atoms with Gasteiger partial charge in [-0.2, -0.15) is 4.68 Å². The first kappa shape index (κ1) is 13.8. The van der Waals surface area contributed by atoms with E-state index in [1.807, 2.05) is 0 Å². The number of halogens is 1. The summed E-state index contributed by atoms with van der Waals surface area (Å²) in [7, 11) is 0. The molecule has 0 unspecified atom stereocenters. The Hall–Kier alpha value is -3.17. The molecule has 2 heterocycles. The van der Waals surface area contributed by atoms with Gasteiger partial charge < -0.3 is 9.94 Å². The largest absolute Gasteiger partial charge is 0.472 e. The van der Waals surface area contributed by atoms with Crippen LogP contribution in [0.15, 0.2) is 35.3 Å². The summed E-state index contributed by atoms with van der Waals surface area (Å²) in [5.41, 5.74) is 0.610. The molecule has 3 aromatic rings. The number of benzene rings is 1. The number of H-pyrrole nitrogens is 1. The fourth-order valence-corrected chi connectivity index (χ4v) is 1.99. The highest BCUT2D eigenvalue weighted by molar-refractivity contribution is 5.45. The fourth-order valence-electron chi connectivity index (χ4n) is 1.99. The quantitative estimate of drug-likeness (QED) is 0.662. The Morgan fingerprint density at radius 2 is 2.23 bits per heavy atom. The Kier molecular flexibility index (Phi) is 3.56. The van der Waals surface area contributed by atoms with Crippen LogP contribution in [0.2, 0.25) is 0 Å². The van der Waals surface area contributed by atoms with Gasteiger partial charge in [0.1, 0.15) is 13.3 Å². The summed E-state index contributed by atoms with van der Waals surface area (Å²) in [5, 5.41) is 22.0. The SMILES string of the molecule is O=c1[nH]nnn1-c1cccc(CF)c1COc1ccn(O)n1. The summed E-state index contributed by atoms with van der Waals surface area (Å²) in [4.78, 5) is 12.2. The van der Waals surface area contributed by atoms with Gasteiger partial charge in [0, 0.05) is 11.6 Å². The molecular weight excluding hydrogens is 295 g/mol. The van der Waals surface area contributed by atoms with Gasteiger partial charge in [-0.3, -0.25) is 0 Å². The van der Waals surface area contributed by atoms with Gasteiger partial charge in [0.15, 0.2) is 0 Å². The molecule has 0 fully saturated rings. The molecule has 0 atom stereocenters. The maximum absolute atomic E-state index is 13.2. The maximum Gasteiger partial charge on any atom is 0.365 e. The maximum atomic E-state index is 13.2. The van der Waals surface area contributed by atoms with E-state index in [2.05, 4.69) is 20.6 Å². The Morgan fingerprint density at radius 1 is 1.36 bits per heavy atom. The highest BCUT2D eigenvalue weighted by atomic mass is 19.1. The van der Waals surface area contributed by atoms with Crippen LogP contribution in [-0.4, -0.2) is 35.4 Å². The number of nitrogens with zero attached hydrogens (tertiary/aromatic N) is 5. The van der Waals surface area contributed by atoms with Crippen LogP contribution < -0.4 is 10.4 Å². The van der Waals surface area contributed by atoms with E-state index < -0.39 is 12.4 Å². The number of ether oxygens (including phenoxy) is 1. The van der Waals surface area contributed by atoms with Gasteiger partial charge in [-0.25, -0.2) is 14.3 Å². The van der Waals surface area contributed by atoms with Crippen LogP contribution >= 0.6 is 0 Å². The second kappa shape index (κ2) is 5.68. The minimum absolute atomic E-state index is 0.0499. The smallest absolute Gasteiger partial charge is 0.365 e. The minimum atomic E-state index is -0.729. The molecule has 22 heavy (non-hydrogen) atoms. The molecule has 0 radical (unpaired) electrons. The zero-order valence-electron chi connectivity index (χ0n) is 11.2. The monoisotopic (exact) mass is 306 g/mol. The molecule has 10 heteroatoms. The third-order valence-electron chi connectivity index (χ3n) is 3.01. The van der Waals surface area contributed by atoms with E-state index in [0.29, 0.717) is 21.7 Å². The van der Waals surface area contributed by atoms with E-state index in [9.17, 15) is 9.18 Å². The topological polar surface area (TPSA) is 111 Å². The molecule has 0 spiro atoms. The molecular formula is C12H11FN6O3. The lowest BCUT2D eigenvalue weighted by molar-refractivity contribution is 0.141. The van der Waals surface area contributed by atoms with Gasteiger partial charge in [-0.15, -0.1) is 4.85 Å². The predicted molar refractivity (Wildman–Crippen MR) is 70.5 cm³/mol. The lowest BCUT2D eigenvalue weighted by atomic mass is 10.1. The third kappa shape index (κ3) is 2.53. The number of nitrogens with one attached hydrogen (secondary N) is 1. The van der Waals surface area contributed by atoms with E-state index in [1.165, 1.54) is 12.3 Å². The molecule has 0 saturated heterocycles. The molecule has 0 amide bonds. The molecule has 0 aliphatic heterocycles. The normalized spacial score (nSPS) is 10.8. The van der Waals surface area contributed by atoms with Crippen LogP contribution in [-0.2, 0) is 13.3 Å². The Balaban J connectivity index is 1.97. The van der Waals surface area contributed by atoms with E-state index in [0.717, 1.165) is 4.68 Å². The van der Waals surface area contributed by atoms with Gasteiger partial charge in [-0.05, 0) is 22.1 Å². The van der Waals surface area contributed by atoms with Crippen molar-refractivity contribution in [1.29, 1.82) is 0 Å². The molecule has 3 rings (SSSR count). The summed E-state index contributed by atoms with van der Waals surface area (Å²) >= 11 is 0. The summed E-state index contributed by atoms with van der Waals surface area (Å²) < 4.78 is 19.6. The van der Waals surface area contributed by atoms with Crippen molar-refractivity contribution in [1.82, 2.24) is 30.2 Å². The molecule has 9 nitrogen and oxygen atoms in total. The highest BCUT2D eigenvalue weighted by Crippen LogP contribution is 2.20. The van der Waals surface area contributed by atoms with E-state index >= 15 is 0 Å². The van der Waals surface area contributed by atoms with Crippen molar-refractivity contribution in [3.05, 3.63) is 52.1 Å². The van der Waals surface area contributed by atoms with Crippen LogP contribution in [0.1, 0.15) is 11.1 Å². The van der Waals surface area contributed by atoms with Crippen molar-refractivity contribution < 1.29 is 14.3 Å². The van der Waals surface area contributed by atoms with Gasteiger partial charge in [0.2, 0.25) is 5.88 Å². The first-order chi connectivity index (χ1) is 10.7. The minimum Gasteiger partial charge on any atom is -0.472 e. The molecule has 2 N–H and O–H groups in total. The molecule has 0 bridgehead atoms. The van der Waals surface area contributed by atoms with Crippen molar-refractivity contribution in [2.75, 3.05) is 0 Å². The molecule has 114 valence electrons. The Labute approximate surface area is 122 Å². The average Bonchev–Trinajstić information content (AvgIpc) is 3.13. The van der Waals surface area contributed by atoms with Gasteiger partial charge >= 0.3 is 5.69 Å². The van der Waals surface area contributed by atoms with E-state index in [-0.39, 0.29) is 12.5 Å². The zero-order valence-corrected chi connectivity index (χ0v) is 11.2. The Bertz CT molecular complexity index is 839. The van der Waals surface area contributed by atoms with E-state index in [1.54, 1.807) is 18.2 Å². The molecule has 1 aromatic carbocycles. The number of hydrogen-bond acceptors (Lipinski definition) is 6. The summed E-state index contributed by atoms with van der Waals surface area (Å²) in [5.74, 6) is 0.162. The molecule has 0 saturated carbocycles. The van der Waals surface area contributed by atoms with Crippen molar-refractivity contribution in [3.63, 3.8) is 0 Å². The van der Waals surface area contributed by atoms with Crippen LogP contribution in [0.4, 0.5) is 4.39 Å². The van der Waals surface area contributed by atoms with Crippen LogP contribution in [0.25, 0.3) is 5.69 Å². The predicted octanol–water partition coefficient (Wildman–Crippen LogP) is 0.438. The fraction of sp³-hybridized carbons (Fsp3) is 0.167. The lowest BCUT2D eigenvalue weighted by Gasteiger charge is -2.12. The van der Waals surface area contributed by atoms with Crippen molar-refractivity contribution >= 4 is 0 Å². The summed E-state index contributed by atoms with van der Waals surface area (Å²) in [6.07, 6.45) is 1.29.